The van der Waals surface area contributed by atoms with Gasteiger partial charge in [0.15, 0.2) is 0 Å². The molecule has 0 radical (unpaired) electrons. The second-order valence-corrected chi connectivity index (χ2v) is 7.07. The van der Waals surface area contributed by atoms with Gasteiger partial charge in [-0.25, -0.2) is 0 Å². The highest BCUT2D eigenvalue weighted by molar-refractivity contribution is 9.08. The fourth-order valence-electron chi connectivity index (χ4n) is 2.75. The second kappa shape index (κ2) is 5.72. The molecule has 4 nitrogen and oxygen atoms in total. The minimum Gasteiger partial charge on any atom is -0.366 e. The van der Waals surface area contributed by atoms with Crippen molar-refractivity contribution in [1.29, 1.82) is 0 Å². The van der Waals surface area contributed by atoms with E-state index in [0.29, 0.717) is 11.2 Å². The summed E-state index contributed by atoms with van der Waals surface area (Å²) < 4.78 is 0. The molecule has 5 heteroatoms. The molecule has 1 aliphatic rings. The minimum atomic E-state index is -0.272. The molecule has 0 N–H and O–H groups in total. The van der Waals surface area contributed by atoms with Crippen LogP contribution < -0.4 is 4.90 Å². The molecule has 110 valence electrons. The number of anilines is 1. The van der Waals surface area contributed by atoms with E-state index in [4.69, 9.17) is 0 Å². The molecule has 0 aliphatic carbocycles. The van der Waals surface area contributed by atoms with Gasteiger partial charge in [0.25, 0.3) is 5.69 Å². The summed E-state index contributed by atoms with van der Waals surface area (Å²) in [5, 5.41) is 11.9. The molecule has 0 bridgehead atoms. The zero-order chi connectivity index (χ0) is 14.9. The standard InChI is InChI=1S/C15H21BrN2O2/c1-15(2,3)12-6-7-17(10-12)13-5-4-11(9-16)8-14(13)18(19)20/h4-5,8,12H,6-7,9-10H2,1-3H3. The van der Waals surface area contributed by atoms with E-state index in [1.807, 2.05) is 12.1 Å². The van der Waals surface area contributed by atoms with Crippen molar-refractivity contribution in [3.63, 3.8) is 0 Å². The Labute approximate surface area is 128 Å². The van der Waals surface area contributed by atoms with E-state index in [0.717, 1.165) is 30.8 Å². The van der Waals surface area contributed by atoms with Crippen LogP contribution in [0.25, 0.3) is 0 Å². The number of halogens is 1. The maximum absolute atomic E-state index is 11.3. The third kappa shape index (κ3) is 3.14. The van der Waals surface area contributed by atoms with Crippen LogP contribution in [0.2, 0.25) is 0 Å². The molecule has 1 saturated heterocycles. The fraction of sp³-hybridized carbons (Fsp3) is 0.600. The van der Waals surface area contributed by atoms with Crippen LogP contribution in [0.3, 0.4) is 0 Å². The van der Waals surface area contributed by atoms with Crippen LogP contribution in [0.1, 0.15) is 32.8 Å². The lowest BCUT2D eigenvalue weighted by Crippen LogP contribution is -2.26. The molecule has 1 heterocycles. The second-order valence-electron chi connectivity index (χ2n) is 6.51. The average molecular weight is 341 g/mol. The Hall–Kier alpha value is -1.10. The van der Waals surface area contributed by atoms with Crippen LogP contribution in [0.15, 0.2) is 18.2 Å². The van der Waals surface area contributed by atoms with E-state index < -0.39 is 0 Å². The fourth-order valence-corrected chi connectivity index (χ4v) is 3.10. The van der Waals surface area contributed by atoms with Crippen molar-refractivity contribution in [3.8, 4) is 0 Å². The summed E-state index contributed by atoms with van der Waals surface area (Å²) in [6.45, 7) is 8.52. The smallest absolute Gasteiger partial charge is 0.292 e. The summed E-state index contributed by atoms with van der Waals surface area (Å²) in [6, 6.07) is 5.52. The average Bonchev–Trinajstić information content (AvgIpc) is 2.87. The predicted molar refractivity (Wildman–Crippen MR) is 85.5 cm³/mol. The van der Waals surface area contributed by atoms with Crippen LogP contribution in [-0.4, -0.2) is 18.0 Å². The Morgan fingerprint density at radius 1 is 1.45 bits per heavy atom. The van der Waals surface area contributed by atoms with Gasteiger partial charge in [0, 0.05) is 24.5 Å². The molecule has 1 aromatic carbocycles. The zero-order valence-corrected chi connectivity index (χ0v) is 13.8. The highest BCUT2D eigenvalue weighted by Gasteiger charge is 2.34. The summed E-state index contributed by atoms with van der Waals surface area (Å²) in [5.41, 5.74) is 2.16. The quantitative estimate of drug-likeness (QED) is 0.466. The molecule has 0 amide bonds. The van der Waals surface area contributed by atoms with Gasteiger partial charge in [-0.15, -0.1) is 0 Å². The largest absolute Gasteiger partial charge is 0.366 e. The molecule has 0 aromatic heterocycles. The first kappa shape index (κ1) is 15.3. The van der Waals surface area contributed by atoms with Crippen molar-refractivity contribution in [3.05, 3.63) is 33.9 Å². The summed E-state index contributed by atoms with van der Waals surface area (Å²) in [4.78, 5) is 13.2. The van der Waals surface area contributed by atoms with Crippen molar-refractivity contribution in [1.82, 2.24) is 0 Å². The molecule has 1 aliphatic heterocycles. The predicted octanol–water partition coefficient (Wildman–Crippen LogP) is 4.36. The molecular formula is C15H21BrN2O2. The Kier molecular flexibility index (Phi) is 4.37. The lowest BCUT2D eigenvalue weighted by molar-refractivity contribution is -0.384. The van der Waals surface area contributed by atoms with Crippen molar-refractivity contribution >= 4 is 27.3 Å². The normalized spacial score (nSPS) is 19.4. The third-order valence-electron chi connectivity index (χ3n) is 4.14. The van der Waals surface area contributed by atoms with Gasteiger partial charge in [0.1, 0.15) is 5.69 Å². The molecule has 1 aromatic rings. The SMILES string of the molecule is CC(C)(C)C1CCN(c2ccc(CBr)cc2[N+](=O)[O-])C1. The summed E-state index contributed by atoms with van der Waals surface area (Å²) >= 11 is 3.35. The number of nitro benzene ring substituents is 1. The van der Waals surface area contributed by atoms with Crippen LogP contribution in [0, 0.1) is 21.4 Å². The molecule has 1 fully saturated rings. The molecule has 20 heavy (non-hydrogen) atoms. The van der Waals surface area contributed by atoms with Crippen LogP contribution in [0.4, 0.5) is 11.4 Å². The van der Waals surface area contributed by atoms with Gasteiger partial charge >= 0.3 is 0 Å². The van der Waals surface area contributed by atoms with E-state index >= 15 is 0 Å². The molecule has 1 unspecified atom stereocenters. The molecule has 0 saturated carbocycles. The molecule has 2 rings (SSSR count). The molecular weight excluding hydrogens is 320 g/mol. The number of benzene rings is 1. The highest BCUT2D eigenvalue weighted by atomic mass is 79.9. The van der Waals surface area contributed by atoms with E-state index in [2.05, 4.69) is 41.6 Å². The van der Waals surface area contributed by atoms with Gasteiger partial charge in [-0.3, -0.25) is 10.1 Å². The van der Waals surface area contributed by atoms with E-state index in [9.17, 15) is 10.1 Å². The lowest BCUT2D eigenvalue weighted by atomic mass is 9.80. The van der Waals surface area contributed by atoms with Gasteiger partial charge in [-0.05, 0) is 29.4 Å². The molecule has 1 atom stereocenters. The third-order valence-corrected chi connectivity index (χ3v) is 4.79. The van der Waals surface area contributed by atoms with Crippen molar-refractivity contribution < 1.29 is 4.92 Å². The Morgan fingerprint density at radius 3 is 2.65 bits per heavy atom. The summed E-state index contributed by atoms with van der Waals surface area (Å²) in [7, 11) is 0. The van der Waals surface area contributed by atoms with E-state index in [1.54, 1.807) is 6.07 Å². The van der Waals surface area contributed by atoms with E-state index in [-0.39, 0.29) is 16.0 Å². The monoisotopic (exact) mass is 340 g/mol. The first-order valence-electron chi connectivity index (χ1n) is 6.91. The van der Waals surface area contributed by atoms with Gasteiger partial charge in [0.05, 0.1) is 4.92 Å². The number of alkyl halides is 1. The number of nitro groups is 1. The van der Waals surface area contributed by atoms with Crippen molar-refractivity contribution in [2.24, 2.45) is 11.3 Å². The minimum absolute atomic E-state index is 0.219. The highest BCUT2D eigenvalue weighted by Crippen LogP contribution is 2.38. The van der Waals surface area contributed by atoms with Gasteiger partial charge in [-0.1, -0.05) is 42.8 Å². The number of nitrogens with zero attached hydrogens (tertiary/aromatic N) is 2. The van der Waals surface area contributed by atoms with Gasteiger partial charge < -0.3 is 4.90 Å². The Bertz CT molecular complexity index is 511. The van der Waals surface area contributed by atoms with Crippen LogP contribution >= 0.6 is 15.9 Å². The Morgan fingerprint density at radius 2 is 2.15 bits per heavy atom. The first-order chi connectivity index (χ1) is 9.32. The van der Waals surface area contributed by atoms with E-state index in [1.165, 1.54) is 0 Å². The number of hydrogen-bond donors (Lipinski definition) is 0. The van der Waals surface area contributed by atoms with Crippen LogP contribution in [0.5, 0.6) is 0 Å². The zero-order valence-electron chi connectivity index (χ0n) is 12.2. The maximum atomic E-state index is 11.3. The van der Waals surface area contributed by atoms with Gasteiger partial charge in [-0.2, -0.15) is 0 Å². The lowest BCUT2D eigenvalue weighted by Gasteiger charge is -2.27. The Balaban J connectivity index is 2.28. The molecule has 0 spiro atoms. The van der Waals surface area contributed by atoms with Crippen molar-refractivity contribution in [2.45, 2.75) is 32.5 Å². The maximum Gasteiger partial charge on any atom is 0.292 e. The topological polar surface area (TPSA) is 46.4 Å². The van der Waals surface area contributed by atoms with Gasteiger partial charge in [0.2, 0.25) is 0 Å². The number of rotatable bonds is 3. The van der Waals surface area contributed by atoms with Crippen LogP contribution in [-0.2, 0) is 5.33 Å². The number of hydrogen-bond acceptors (Lipinski definition) is 3. The first-order valence-corrected chi connectivity index (χ1v) is 8.03. The summed E-state index contributed by atoms with van der Waals surface area (Å²) in [5.74, 6) is 0.581. The van der Waals surface area contributed by atoms with Crippen molar-refractivity contribution in [2.75, 3.05) is 18.0 Å². The summed E-state index contributed by atoms with van der Waals surface area (Å²) in [6.07, 6.45) is 1.10.